The molecule has 1 aliphatic heterocycles. The highest BCUT2D eigenvalue weighted by Gasteiger charge is 2.26. The van der Waals surface area contributed by atoms with Crippen molar-refractivity contribution in [3.63, 3.8) is 0 Å². The lowest BCUT2D eigenvalue weighted by molar-refractivity contribution is 0.0905. The van der Waals surface area contributed by atoms with Gasteiger partial charge in [0.1, 0.15) is 11.5 Å². The van der Waals surface area contributed by atoms with Crippen LogP contribution in [-0.2, 0) is 0 Å². The highest BCUT2D eigenvalue weighted by Crippen LogP contribution is 2.26. The van der Waals surface area contributed by atoms with E-state index < -0.39 is 0 Å². The summed E-state index contributed by atoms with van der Waals surface area (Å²) in [6.07, 6.45) is 3.61. The zero-order valence-corrected chi connectivity index (χ0v) is 16.1. The SMILES string of the molecule is Cc1ccc(C(CNC(=O)c2cc(-c3ccccc3)on2)N2CCCCC2)o1. The summed E-state index contributed by atoms with van der Waals surface area (Å²) in [5, 5.41) is 6.94. The number of furan rings is 1. The Morgan fingerprint density at radius 2 is 1.93 bits per heavy atom. The Bertz CT molecular complexity index is 910. The van der Waals surface area contributed by atoms with Gasteiger partial charge in [0.25, 0.3) is 5.91 Å². The first-order valence-electron chi connectivity index (χ1n) is 9.81. The fraction of sp³-hybridized carbons (Fsp3) is 0.364. The number of piperidine rings is 1. The molecule has 1 atom stereocenters. The number of likely N-dealkylation sites (tertiary alicyclic amines) is 1. The molecule has 146 valence electrons. The van der Waals surface area contributed by atoms with Crippen LogP contribution in [0, 0.1) is 6.92 Å². The molecule has 0 radical (unpaired) electrons. The molecule has 0 spiro atoms. The number of nitrogens with zero attached hydrogens (tertiary/aromatic N) is 2. The Kier molecular flexibility index (Phi) is 5.58. The van der Waals surface area contributed by atoms with Gasteiger partial charge in [0.2, 0.25) is 0 Å². The fourth-order valence-corrected chi connectivity index (χ4v) is 3.67. The van der Waals surface area contributed by atoms with Gasteiger partial charge in [0.05, 0.1) is 6.04 Å². The quantitative estimate of drug-likeness (QED) is 0.695. The molecule has 3 aromatic rings. The molecule has 1 amide bonds. The van der Waals surface area contributed by atoms with E-state index in [2.05, 4.69) is 15.4 Å². The first kappa shape index (κ1) is 18.5. The van der Waals surface area contributed by atoms with Crippen molar-refractivity contribution in [3.8, 4) is 11.3 Å². The van der Waals surface area contributed by atoms with Crippen LogP contribution in [0.25, 0.3) is 11.3 Å². The smallest absolute Gasteiger partial charge is 0.273 e. The van der Waals surface area contributed by atoms with Crippen LogP contribution in [0.15, 0.2) is 57.5 Å². The predicted molar refractivity (Wildman–Crippen MR) is 106 cm³/mol. The van der Waals surface area contributed by atoms with Crippen LogP contribution < -0.4 is 5.32 Å². The van der Waals surface area contributed by atoms with E-state index in [-0.39, 0.29) is 17.6 Å². The van der Waals surface area contributed by atoms with Crippen molar-refractivity contribution >= 4 is 5.91 Å². The summed E-state index contributed by atoms with van der Waals surface area (Å²) in [6, 6.07) is 15.3. The summed E-state index contributed by atoms with van der Waals surface area (Å²) in [5.74, 6) is 2.12. The van der Waals surface area contributed by atoms with Gasteiger partial charge in [-0.15, -0.1) is 0 Å². The minimum atomic E-state index is -0.240. The molecule has 1 saturated heterocycles. The molecule has 1 fully saturated rings. The minimum Gasteiger partial charge on any atom is -0.465 e. The molecule has 2 aromatic heterocycles. The number of aromatic nitrogens is 1. The molecule has 6 heteroatoms. The lowest BCUT2D eigenvalue weighted by Crippen LogP contribution is -2.40. The van der Waals surface area contributed by atoms with Crippen molar-refractivity contribution in [2.45, 2.75) is 32.2 Å². The van der Waals surface area contributed by atoms with Crippen LogP contribution >= 0.6 is 0 Å². The van der Waals surface area contributed by atoms with E-state index in [1.165, 1.54) is 19.3 Å². The van der Waals surface area contributed by atoms with Crippen molar-refractivity contribution in [1.29, 1.82) is 0 Å². The van der Waals surface area contributed by atoms with E-state index in [0.717, 1.165) is 30.2 Å². The summed E-state index contributed by atoms with van der Waals surface area (Å²) in [5.41, 5.74) is 1.18. The van der Waals surface area contributed by atoms with Gasteiger partial charge in [-0.25, -0.2) is 0 Å². The molecular formula is C22H25N3O3. The van der Waals surface area contributed by atoms with Gasteiger partial charge >= 0.3 is 0 Å². The molecule has 0 aliphatic carbocycles. The van der Waals surface area contributed by atoms with Crippen molar-refractivity contribution in [3.05, 3.63) is 65.7 Å². The number of hydrogen-bond acceptors (Lipinski definition) is 5. The third-order valence-electron chi connectivity index (χ3n) is 5.18. The number of benzene rings is 1. The average Bonchev–Trinajstić information content (AvgIpc) is 3.39. The van der Waals surface area contributed by atoms with Crippen LogP contribution in [0.5, 0.6) is 0 Å². The lowest BCUT2D eigenvalue weighted by atomic mass is 10.1. The number of carbonyl (C=O) groups excluding carboxylic acids is 1. The molecule has 1 aliphatic rings. The maximum atomic E-state index is 12.6. The number of aryl methyl sites for hydroxylation is 1. The predicted octanol–water partition coefficient (Wildman–Crippen LogP) is 4.20. The van der Waals surface area contributed by atoms with Gasteiger partial charge in [-0.3, -0.25) is 9.69 Å². The van der Waals surface area contributed by atoms with E-state index in [0.29, 0.717) is 12.3 Å². The van der Waals surface area contributed by atoms with Crippen molar-refractivity contribution < 1.29 is 13.7 Å². The summed E-state index contributed by atoms with van der Waals surface area (Å²) < 4.78 is 11.2. The van der Waals surface area contributed by atoms with Crippen LogP contribution in [0.1, 0.15) is 47.3 Å². The van der Waals surface area contributed by atoms with Gasteiger partial charge in [0, 0.05) is 18.2 Å². The molecular weight excluding hydrogens is 354 g/mol. The zero-order chi connectivity index (χ0) is 19.3. The number of amides is 1. The van der Waals surface area contributed by atoms with Crippen LogP contribution in [0.4, 0.5) is 0 Å². The highest BCUT2D eigenvalue weighted by atomic mass is 16.5. The molecule has 28 heavy (non-hydrogen) atoms. The lowest BCUT2D eigenvalue weighted by Gasteiger charge is -2.33. The molecule has 1 unspecified atom stereocenters. The van der Waals surface area contributed by atoms with Crippen molar-refractivity contribution in [2.24, 2.45) is 0 Å². The van der Waals surface area contributed by atoms with E-state index in [1.54, 1.807) is 6.07 Å². The largest absolute Gasteiger partial charge is 0.465 e. The number of nitrogens with one attached hydrogen (secondary N) is 1. The Balaban J connectivity index is 1.45. The first-order chi connectivity index (χ1) is 13.7. The highest BCUT2D eigenvalue weighted by molar-refractivity contribution is 5.93. The molecule has 0 bridgehead atoms. The fourth-order valence-electron chi connectivity index (χ4n) is 3.67. The van der Waals surface area contributed by atoms with Gasteiger partial charge in [-0.05, 0) is 45.0 Å². The van der Waals surface area contributed by atoms with E-state index >= 15 is 0 Å². The van der Waals surface area contributed by atoms with Crippen LogP contribution in [0.2, 0.25) is 0 Å². The average molecular weight is 379 g/mol. The Hall–Kier alpha value is -2.86. The van der Waals surface area contributed by atoms with E-state index in [9.17, 15) is 4.79 Å². The van der Waals surface area contributed by atoms with Crippen LogP contribution in [-0.4, -0.2) is 35.6 Å². The zero-order valence-electron chi connectivity index (χ0n) is 16.1. The monoisotopic (exact) mass is 379 g/mol. The standard InChI is InChI=1S/C22H25N3O3/c1-16-10-11-20(27-16)19(25-12-6-3-7-13-25)15-23-22(26)18-14-21(28-24-18)17-8-4-2-5-9-17/h2,4-5,8-11,14,19H,3,6-7,12-13,15H2,1H3,(H,23,26). The second-order valence-corrected chi connectivity index (χ2v) is 7.21. The first-order valence-corrected chi connectivity index (χ1v) is 9.81. The van der Waals surface area contributed by atoms with Gasteiger partial charge in [-0.2, -0.15) is 0 Å². The van der Waals surface area contributed by atoms with Crippen molar-refractivity contribution in [1.82, 2.24) is 15.4 Å². The number of rotatable bonds is 6. The van der Waals surface area contributed by atoms with E-state index in [4.69, 9.17) is 8.94 Å². The second-order valence-electron chi connectivity index (χ2n) is 7.21. The van der Waals surface area contributed by atoms with Gasteiger partial charge in [0.15, 0.2) is 11.5 Å². The number of hydrogen-bond donors (Lipinski definition) is 1. The van der Waals surface area contributed by atoms with Crippen LogP contribution in [0.3, 0.4) is 0 Å². The maximum Gasteiger partial charge on any atom is 0.273 e. The molecule has 1 N–H and O–H groups in total. The summed E-state index contributed by atoms with van der Waals surface area (Å²) in [6.45, 7) is 4.44. The third kappa shape index (κ3) is 4.17. The Labute approximate surface area is 164 Å². The minimum absolute atomic E-state index is 0.0263. The van der Waals surface area contributed by atoms with Gasteiger partial charge in [-0.1, -0.05) is 41.9 Å². The van der Waals surface area contributed by atoms with Crippen molar-refractivity contribution in [2.75, 3.05) is 19.6 Å². The molecule has 0 saturated carbocycles. The topological polar surface area (TPSA) is 71.5 Å². The molecule has 3 heterocycles. The summed E-state index contributed by atoms with van der Waals surface area (Å²) in [4.78, 5) is 15.0. The molecule has 6 nitrogen and oxygen atoms in total. The summed E-state index contributed by atoms with van der Waals surface area (Å²) in [7, 11) is 0. The Morgan fingerprint density at radius 3 is 2.64 bits per heavy atom. The van der Waals surface area contributed by atoms with Gasteiger partial charge < -0.3 is 14.3 Å². The Morgan fingerprint density at radius 1 is 1.14 bits per heavy atom. The maximum absolute atomic E-state index is 12.6. The summed E-state index contributed by atoms with van der Waals surface area (Å²) >= 11 is 0. The molecule has 4 rings (SSSR count). The second kappa shape index (κ2) is 8.44. The normalized spacial score (nSPS) is 16.0. The number of carbonyl (C=O) groups is 1. The van der Waals surface area contributed by atoms with E-state index in [1.807, 2.05) is 49.4 Å². The molecule has 1 aromatic carbocycles. The third-order valence-corrected chi connectivity index (χ3v) is 5.18.